The summed E-state index contributed by atoms with van der Waals surface area (Å²) in [6.07, 6.45) is 6.69. The largest absolute Gasteiger partial charge is 0.447 e. The van der Waals surface area contributed by atoms with E-state index >= 15 is 0 Å². The molecule has 1 amide bonds. The number of rotatable bonds is 10. The number of amides is 1. The van der Waals surface area contributed by atoms with E-state index in [9.17, 15) is 18.0 Å². The lowest BCUT2D eigenvalue weighted by Crippen LogP contribution is -2.48. The number of nitrogens with zero attached hydrogens (tertiary/aromatic N) is 1. The summed E-state index contributed by atoms with van der Waals surface area (Å²) >= 11 is 0. The van der Waals surface area contributed by atoms with Crippen LogP contribution in [0.2, 0.25) is 0 Å². The number of ketones is 1. The van der Waals surface area contributed by atoms with Gasteiger partial charge in [0.25, 0.3) is 0 Å². The monoisotopic (exact) mass is 786 g/mol. The third-order valence-electron chi connectivity index (χ3n) is 9.72. The molecule has 55 heavy (non-hydrogen) atoms. The maximum absolute atomic E-state index is 12.3. The maximum Gasteiger partial charge on any atom is 0.407 e. The number of fused-ring (bicyclic) bond motifs is 3. The molecule has 2 aromatic rings. The van der Waals surface area contributed by atoms with E-state index in [0.29, 0.717) is 5.41 Å². The molecule has 1 atom stereocenters. The molecule has 0 bridgehead atoms. The van der Waals surface area contributed by atoms with Gasteiger partial charge >= 0.3 is 6.09 Å². The number of carbonyl (C=O) groups excluding carboxylic acids is 2. The highest BCUT2D eigenvalue weighted by Gasteiger charge is 2.36. The summed E-state index contributed by atoms with van der Waals surface area (Å²) in [5, 5.41) is 7.02. The first-order valence-corrected chi connectivity index (χ1v) is 21.6. The fourth-order valence-corrected chi connectivity index (χ4v) is 7.28. The minimum absolute atomic E-state index is 0. The van der Waals surface area contributed by atoms with Gasteiger partial charge in [0.2, 0.25) is 10.0 Å². The Kier molecular flexibility index (Phi) is 20.9. The lowest BCUT2D eigenvalue weighted by molar-refractivity contribution is -0.125. The Morgan fingerprint density at radius 2 is 1.18 bits per heavy atom. The first-order valence-electron chi connectivity index (χ1n) is 20.1. The molecule has 312 valence electrons. The van der Waals surface area contributed by atoms with E-state index in [1.165, 1.54) is 17.5 Å². The number of alkyl carbamates (subject to hydrolysis) is 1. The van der Waals surface area contributed by atoms with E-state index < -0.39 is 16.1 Å². The molecule has 3 aliphatic carbocycles. The zero-order valence-corrected chi connectivity index (χ0v) is 36.3. The molecule has 0 heterocycles. The number of benzene rings is 2. The minimum atomic E-state index is -2.94. The van der Waals surface area contributed by atoms with Crippen LogP contribution in [0.5, 0.6) is 0 Å². The van der Waals surface area contributed by atoms with Crippen LogP contribution in [0.15, 0.2) is 53.7 Å². The van der Waals surface area contributed by atoms with Crippen molar-refractivity contribution in [3.05, 3.63) is 59.7 Å². The van der Waals surface area contributed by atoms with Gasteiger partial charge in [-0.05, 0) is 95.6 Å². The number of nitrogens with one attached hydrogen (secondary N) is 2. The van der Waals surface area contributed by atoms with E-state index in [1.54, 1.807) is 13.8 Å². The average Bonchev–Trinajstić information content (AvgIpc) is 3.90. The average molecular weight is 786 g/mol. The molecule has 9 nitrogen and oxygen atoms in total. The Hall–Kier alpha value is -3.24. The summed E-state index contributed by atoms with van der Waals surface area (Å²) in [6.45, 7) is 26.3. The Bertz CT molecular complexity index is 1550. The molecular weight excluding hydrogens is 711 g/mol. The van der Waals surface area contributed by atoms with Gasteiger partial charge in [-0.25, -0.2) is 17.9 Å². The van der Waals surface area contributed by atoms with Crippen molar-refractivity contribution in [2.45, 2.75) is 172 Å². The fourth-order valence-electron chi connectivity index (χ4n) is 5.68. The van der Waals surface area contributed by atoms with Gasteiger partial charge in [0, 0.05) is 23.1 Å². The number of carbonyl (C=O) groups is 2. The molecule has 5 rings (SSSR count). The van der Waals surface area contributed by atoms with Crippen molar-refractivity contribution >= 4 is 27.6 Å². The van der Waals surface area contributed by atoms with Crippen molar-refractivity contribution in [2.75, 3.05) is 0 Å². The van der Waals surface area contributed by atoms with Gasteiger partial charge in [0.05, 0.1) is 17.4 Å². The highest BCUT2D eigenvalue weighted by molar-refractivity contribution is 7.90. The Labute approximate surface area is 335 Å². The number of oxime groups is 1. The molecule has 2 fully saturated rings. The Morgan fingerprint density at radius 1 is 0.727 bits per heavy atom. The maximum atomic E-state index is 12.3. The summed E-state index contributed by atoms with van der Waals surface area (Å²) < 4.78 is 29.8. The third kappa shape index (κ3) is 17.2. The molecule has 0 aromatic heterocycles. The number of Topliss-reactive ketones (excluding diaryl/α,β-unsaturated/α-hetero) is 1. The van der Waals surface area contributed by atoms with Crippen LogP contribution in [0.1, 0.15) is 154 Å². The normalized spacial score (nSPS) is 15.6. The first kappa shape index (κ1) is 49.8. The van der Waals surface area contributed by atoms with Crippen LogP contribution in [-0.4, -0.2) is 55.5 Å². The molecule has 3 aliphatic rings. The van der Waals surface area contributed by atoms with Crippen LogP contribution >= 0.6 is 0 Å². The van der Waals surface area contributed by atoms with Crippen LogP contribution in [0, 0.1) is 23.2 Å². The van der Waals surface area contributed by atoms with Gasteiger partial charge < -0.3 is 14.9 Å². The van der Waals surface area contributed by atoms with E-state index in [1.807, 2.05) is 53.7 Å². The summed E-state index contributed by atoms with van der Waals surface area (Å²) in [4.78, 5) is 29.5. The highest BCUT2D eigenvalue weighted by atomic mass is 32.2. The van der Waals surface area contributed by atoms with E-state index in [-0.39, 0.29) is 54.6 Å². The molecule has 0 aliphatic heterocycles. The van der Waals surface area contributed by atoms with Gasteiger partial charge in [-0.2, -0.15) is 0 Å². The summed E-state index contributed by atoms with van der Waals surface area (Å²) in [5.74, 6) is 1.12. The quantitative estimate of drug-likeness (QED) is 0.197. The first-order chi connectivity index (χ1) is 25.1. The van der Waals surface area contributed by atoms with Crippen LogP contribution in [0.25, 0.3) is 11.1 Å². The summed E-state index contributed by atoms with van der Waals surface area (Å²) in [7, 11) is -2.94. The zero-order chi connectivity index (χ0) is 40.8. The lowest BCUT2D eigenvalue weighted by Gasteiger charge is -2.30. The smallest absolute Gasteiger partial charge is 0.407 e. The molecule has 10 heteroatoms. The topological polar surface area (TPSA) is 123 Å². The molecule has 2 aromatic carbocycles. The number of sulfonamides is 1. The highest BCUT2D eigenvalue weighted by Crippen LogP contribution is 2.36. The van der Waals surface area contributed by atoms with Crippen molar-refractivity contribution in [3.8, 4) is 11.1 Å². The second-order valence-electron chi connectivity index (χ2n) is 17.3. The van der Waals surface area contributed by atoms with Gasteiger partial charge in [-0.15, -0.1) is 0 Å². The second-order valence-corrected chi connectivity index (χ2v) is 19.2. The molecule has 0 saturated heterocycles. The lowest BCUT2D eigenvalue weighted by atomic mass is 9.80. The van der Waals surface area contributed by atoms with Crippen LogP contribution in [0.4, 0.5) is 4.79 Å². The van der Waals surface area contributed by atoms with Crippen molar-refractivity contribution in [3.63, 3.8) is 0 Å². The summed E-state index contributed by atoms with van der Waals surface area (Å²) in [5.41, 5.74) is 6.21. The van der Waals surface area contributed by atoms with Crippen LogP contribution in [0.3, 0.4) is 0 Å². The van der Waals surface area contributed by atoms with Gasteiger partial charge in [0.1, 0.15) is 11.8 Å². The van der Waals surface area contributed by atoms with E-state index in [4.69, 9.17) is 9.57 Å². The molecule has 2 N–H and O–H groups in total. The Morgan fingerprint density at radius 3 is 1.55 bits per heavy atom. The van der Waals surface area contributed by atoms with Gasteiger partial charge in [0.15, 0.2) is 5.78 Å². The predicted molar refractivity (Wildman–Crippen MR) is 230 cm³/mol. The second kappa shape index (κ2) is 23.1. The van der Waals surface area contributed by atoms with Crippen molar-refractivity contribution in [1.82, 2.24) is 10.0 Å². The number of hydrogen-bond donors (Lipinski definition) is 2. The van der Waals surface area contributed by atoms with Crippen molar-refractivity contribution in [2.24, 2.45) is 28.3 Å². The van der Waals surface area contributed by atoms with Crippen LogP contribution < -0.4 is 10.0 Å². The number of hydrogen-bond acceptors (Lipinski definition) is 7. The fraction of sp³-hybridized carbons (Fsp3) is 0.667. The molecule has 2 saturated carbocycles. The molecule has 0 radical (unpaired) electrons. The standard InChI is InChI=1S/C16H15NO.C15H27NO3.C7H16.C6H13NO2S.CH4/c1-11(2)18-17-16-14-9-5-3-7-12(14)13-8-4-6-10-15(13)16;1-10(2)14(17)13(12-8-6-5-7-9-12)16-15(18)19-11(3)4;1-6(2)7(3,4)5;1-5(2)7-10(8,9)6-3-4-6;/h3-11H,1-2H3;10-13H,5-9H2,1-4H3,(H,16,18);6H,1-5H3;5-7H,3-4H2,1-2H3;1H4/t;13-;;;/m.0.../s1. The predicted octanol–water partition coefficient (Wildman–Crippen LogP) is 10.9. The molecule has 0 spiro atoms. The van der Waals surface area contributed by atoms with Crippen LogP contribution in [-0.2, 0) is 24.4 Å². The Balaban J connectivity index is 0.000000389. The third-order valence-corrected chi connectivity index (χ3v) is 11.9. The van der Waals surface area contributed by atoms with E-state index in [0.717, 1.165) is 61.3 Å². The van der Waals surface area contributed by atoms with Crippen molar-refractivity contribution in [1.29, 1.82) is 0 Å². The molecular formula is C45H75N3O6S. The van der Waals surface area contributed by atoms with Crippen molar-refractivity contribution < 1.29 is 27.6 Å². The zero-order valence-electron chi connectivity index (χ0n) is 35.5. The van der Waals surface area contributed by atoms with Gasteiger partial charge in [-0.1, -0.05) is 129 Å². The van der Waals surface area contributed by atoms with E-state index in [2.05, 4.69) is 86.2 Å². The SMILES string of the molecule is C.CC(C)C(C)(C)C.CC(C)NS(=O)(=O)C1CC1.CC(C)OC(=O)N[C@H](C(=O)C(C)C)C1CCCCC1.CC(C)ON=C1c2ccccc2-c2ccccc21. The van der Waals surface area contributed by atoms with Gasteiger partial charge in [-0.3, -0.25) is 4.79 Å². The minimum Gasteiger partial charge on any atom is -0.447 e. The number of ether oxygens (including phenoxy) is 1. The summed E-state index contributed by atoms with van der Waals surface area (Å²) in [6, 6.07) is 16.3. The molecule has 0 unspecified atom stereocenters.